The van der Waals surface area contributed by atoms with Crippen LogP contribution in [0.3, 0.4) is 0 Å². The van der Waals surface area contributed by atoms with E-state index in [1.54, 1.807) is 13.2 Å². The van der Waals surface area contributed by atoms with E-state index < -0.39 is 0 Å². The molecule has 0 unspecified atom stereocenters. The van der Waals surface area contributed by atoms with Gasteiger partial charge in [-0.2, -0.15) is 0 Å². The first kappa shape index (κ1) is 17.3. The molecule has 0 aliphatic heterocycles. The van der Waals surface area contributed by atoms with Crippen molar-refractivity contribution in [3.8, 4) is 28.0 Å². The van der Waals surface area contributed by atoms with Gasteiger partial charge >= 0.3 is 0 Å². The van der Waals surface area contributed by atoms with Crippen LogP contribution in [0, 0.1) is 0 Å². The van der Waals surface area contributed by atoms with Gasteiger partial charge in [0.2, 0.25) is 5.43 Å². The summed E-state index contributed by atoms with van der Waals surface area (Å²) >= 11 is 0. The number of ether oxygens (including phenoxy) is 1. The van der Waals surface area contributed by atoms with Crippen LogP contribution in [-0.4, -0.2) is 7.11 Å². The van der Waals surface area contributed by atoms with Gasteiger partial charge in [0, 0.05) is 0 Å². The first-order valence-corrected chi connectivity index (χ1v) is 9.44. The van der Waals surface area contributed by atoms with E-state index >= 15 is 0 Å². The van der Waals surface area contributed by atoms with Crippen LogP contribution in [0.1, 0.15) is 0 Å². The Kier molecular flexibility index (Phi) is 4.14. The smallest absolute Gasteiger partial charge is 0.200 e. The molecule has 0 aliphatic rings. The molecule has 0 N–H and O–H groups in total. The molecule has 0 saturated heterocycles. The van der Waals surface area contributed by atoms with Gasteiger partial charge in [0.1, 0.15) is 16.9 Å². The van der Waals surface area contributed by atoms with Crippen LogP contribution >= 0.6 is 0 Å². The van der Waals surface area contributed by atoms with Crippen molar-refractivity contribution in [2.24, 2.45) is 0 Å². The van der Waals surface area contributed by atoms with Crippen LogP contribution < -0.4 is 10.2 Å². The normalized spacial score (nSPS) is 11.1. The maximum atomic E-state index is 13.1. The lowest BCUT2D eigenvalue weighted by Gasteiger charge is -2.13. The van der Waals surface area contributed by atoms with Crippen molar-refractivity contribution in [1.82, 2.24) is 0 Å². The Hall–Kier alpha value is -3.85. The molecule has 0 atom stereocenters. The average molecular weight is 378 g/mol. The van der Waals surface area contributed by atoms with Gasteiger partial charge in [-0.1, -0.05) is 54.6 Å². The van der Waals surface area contributed by atoms with Crippen molar-refractivity contribution in [3.05, 3.63) is 101 Å². The SMILES string of the molecule is COc1ccc(-c2cc3c(=O)c4ccccc4oc3cc2-c2ccccc2)cc1. The highest BCUT2D eigenvalue weighted by atomic mass is 16.5. The fourth-order valence-electron chi connectivity index (χ4n) is 3.71. The van der Waals surface area contributed by atoms with E-state index in [4.69, 9.17) is 9.15 Å². The largest absolute Gasteiger partial charge is 0.497 e. The van der Waals surface area contributed by atoms with E-state index in [2.05, 4.69) is 12.1 Å². The highest BCUT2D eigenvalue weighted by Crippen LogP contribution is 2.36. The van der Waals surface area contributed by atoms with Gasteiger partial charge in [0.15, 0.2) is 0 Å². The second-order valence-electron chi connectivity index (χ2n) is 6.92. The molecule has 0 bridgehead atoms. The van der Waals surface area contributed by atoms with Gasteiger partial charge in [-0.25, -0.2) is 0 Å². The van der Waals surface area contributed by atoms with E-state index in [-0.39, 0.29) is 5.43 Å². The predicted molar refractivity (Wildman–Crippen MR) is 117 cm³/mol. The Morgan fingerprint density at radius 3 is 2.07 bits per heavy atom. The summed E-state index contributed by atoms with van der Waals surface area (Å²) in [5, 5.41) is 1.17. The van der Waals surface area contributed by atoms with E-state index in [0.717, 1.165) is 28.0 Å². The van der Waals surface area contributed by atoms with Crippen molar-refractivity contribution in [2.45, 2.75) is 0 Å². The lowest BCUT2D eigenvalue weighted by molar-refractivity contribution is 0.415. The number of fused-ring (bicyclic) bond motifs is 2. The van der Waals surface area contributed by atoms with Gasteiger partial charge in [-0.15, -0.1) is 0 Å². The number of para-hydroxylation sites is 1. The minimum atomic E-state index is -0.0174. The third kappa shape index (κ3) is 2.97. The Morgan fingerprint density at radius 1 is 0.655 bits per heavy atom. The molecule has 0 radical (unpaired) electrons. The first-order valence-electron chi connectivity index (χ1n) is 9.44. The monoisotopic (exact) mass is 378 g/mol. The van der Waals surface area contributed by atoms with Crippen LogP contribution in [0.4, 0.5) is 0 Å². The van der Waals surface area contributed by atoms with E-state index in [0.29, 0.717) is 21.9 Å². The van der Waals surface area contributed by atoms with Crippen molar-refractivity contribution >= 4 is 21.9 Å². The van der Waals surface area contributed by atoms with Crippen molar-refractivity contribution in [2.75, 3.05) is 7.11 Å². The van der Waals surface area contributed by atoms with Crippen LogP contribution in [0.2, 0.25) is 0 Å². The molecule has 0 fully saturated rings. The number of hydrogen-bond acceptors (Lipinski definition) is 3. The minimum Gasteiger partial charge on any atom is -0.497 e. The van der Waals surface area contributed by atoms with Gasteiger partial charge in [-0.05, 0) is 58.7 Å². The fraction of sp³-hybridized carbons (Fsp3) is 0.0385. The molecule has 0 amide bonds. The molecular weight excluding hydrogens is 360 g/mol. The van der Waals surface area contributed by atoms with Crippen molar-refractivity contribution < 1.29 is 9.15 Å². The molecule has 3 heteroatoms. The molecule has 0 spiro atoms. The standard InChI is InChI=1S/C26H18O3/c1-28-19-13-11-18(12-14-19)21-15-23-25(16-22(21)17-7-3-2-4-8-17)29-24-10-6-5-9-20(24)26(23)27/h2-16H,1H3. The summed E-state index contributed by atoms with van der Waals surface area (Å²) in [5.41, 5.74) is 5.24. The Bertz CT molecular complexity index is 1380. The summed E-state index contributed by atoms with van der Waals surface area (Å²) in [6, 6.07) is 29.3. The van der Waals surface area contributed by atoms with Gasteiger partial charge < -0.3 is 9.15 Å². The quantitative estimate of drug-likeness (QED) is 0.346. The third-order valence-corrected chi connectivity index (χ3v) is 5.20. The highest BCUT2D eigenvalue weighted by Gasteiger charge is 2.14. The number of hydrogen-bond donors (Lipinski definition) is 0. The highest BCUT2D eigenvalue weighted by molar-refractivity contribution is 5.97. The van der Waals surface area contributed by atoms with Gasteiger partial charge in [-0.3, -0.25) is 4.79 Å². The molecule has 5 rings (SSSR count). The van der Waals surface area contributed by atoms with Gasteiger partial charge in [0.05, 0.1) is 17.9 Å². The van der Waals surface area contributed by atoms with Gasteiger partial charge in [0.25, 0.3) is 0 Å². The van der Waals surface area contributed by atoms with Crippen LogP contribution in [-0.2, 0) is 0 Å². The summed E-state index contributed by atoms with van der Waals surface area (Å²) < 4.78 is 11.4. The lowest BCUT2D eigenvalue weighted by atomic mass is 9.92. The maximum Gasteiger partial charge on any atom is 0.200 e. The molecule has 3 nitrogen and oxygen atoms in total. The average Bonchev–Trinajstić information content (AvgIpc) is 2.79. The maximum absolute atomic E-state index is 13.1. The molecule has 4 aromatic carbocycles. The topological polar surface area (TPSA) is 39.4 Å². The number of methoxy groups -OCH3 is 1. The van der Waals surface area contributed by atoms with E-state index in [1.807, 2.05) is 72.8 Å². The molecular formula is C26H18O3. The summed E-state index contributed by atoms with van der Waals surface area (Å²) in [6.45, 7) is 0. The predicted octanol–water partition coefficient (Wildman–Crippen LogP) is 6.29. The van der Waals surface area contributed by atoms with E-state index in [9.17, 15) is 4.79 Å². The zero-order valence-electron chi connectivity index (χ0n) is 15.9. The molecule has 1 heterocycles. The summed E-state index contributed by atoms with van der Waals surface area (Å²) in [4.78, 5) is 13.1. The number of benzene rings is 4. The van der Waals surface area contributed by atoms with Crippen LogP contribution in [0.15, 0.2) is 100 Å². The summed E-state index contributed by atoms with van der Waals surface area (Å²) in [7, 11) is 1.65. The Morgan fingerprint density at radius 2 is 1.31 bits per heavy atom. The molecule has 0 saturated carbocycles. The van der Waals surface area contributed by atoms with Crippen LogP contribution in [0.5, 0.6) is 5.75 Å². The van der Waals surface area contributed by atoms with Crippen molar-refractivity contribution in [1.29, 1.82) is 0 Å². The second kappa shape index (κ2) is 6.95. The lowest BCUT2D eigenvalue weighted by Crippen LogP contribution is -2.02. The minimum absolute atomic E-state index is 0.0174. The molecule has 140 valence electrons. The third-order valence-electron chi connectivity index (χ3n) is 5.20. The zero-order chi connectivity index (χ0) is 19.8. The van der Waals surface area contributed by atoms with Crippen LogP contribution in [0.25, 0.3) is 44.2 Å². The Balaban J connectivity index is 1.86. The molecule has 5 aromatic rings. The van der Waals surface area contributed by atoms with Crippen molar-refractivity contribution in [3.63, 3.8) is 0 Å². The zero-order valence-corrected chi connectivity index (χ0v) is 15.9. The van der Waals surface area contributed by atoms with E-state index in [1.165, 1.54) is 0 Å². The first-order chi connectivity index (χ1) is 14.2. The molecule has 0 aliphatic carbocycles. The fourth-order valence-corrected chi connectivity index (χ4v) is 3.71. The summed E-state index contributed by atoms with van der Waals surface area (Å²) in [6.07, 6.45) is 0. The second-order valence-corrected chi connectivity index (χ2v) is 6.92. The number of rotatable bonds is 3. The Labute approximate surface area is 167 Å². The molecule has 1 aromatic heterocycles. The molecule has 29 heavy (non-hydrogen) atoms. The summed E-state index contributed by atoms with van der Waals surface area (Å²) in [5.74, 6) is 0.793.